The van der Waals surface area contributed by atoms with Crippen molar-refractivity contribution in [2.45, 2.75) is 33.2 Å². The van der Waals surface area contributed by atoms with Crippen molar-refractivity contribution in [3.8, 4) is 17.7 Å². The Morgan fingerprint density at radius 3 is 2.73 bits per heavy atom. The normalized spacial score (nSPS) is 11.5. The van der Waals surface area contributed by atoms with E-state index in [9.17, 15) is 4.79 Å². The molecular weight excluding hydrogens is 400 g/mol. The van der Waals surface area contributed by atoms with Crippen LogP contribution in [0.3, 0.4) is 0 Å². The number of hydrazone groups is 1. The Morgan fingerprint density at radius 1 is 1.30 bits per heavy atom. The molecule has 7 heteroatoms. The van der Waals surface area contributed by atoms with Crippen molar-refractivity contribution in [1.29, 1.82) is 0 Å². The highest BCUT2D eigenvalue weighted by molar-refractivity contribution is 6.30. The Hall–Kier alpha value is -3.04. The summed E-state index contributed by atoms with van der Waals surface area (Å²) in [5, 5.41) is 6.51. The van der Waals surface area contributed by atoms with E-state index in [0.717, 1.165) is 6.42 Å². The summed E-state index contributed by atoms with van der Waals surface area (Å²) < 4.78 is 5.73. The van der Waals surface area contributed by atoms with Crippen LogP contribution in [0.5, 0.6) is 5.88 Å². The number of nitrogens with zero attached hydrogens (tertiary/aromatic N) is 4. The van der Waals surface area contributed by atoms with Gasteiger partial charge in [-0.05, 0) is 32.0 Å². The molecule has 0 aliphatic carbocycles. The van der Waals surface area contributed by atoms with Crippen molar-refractivity contribution in [2.24, 2.45) is 5.10 Å². The summed E-state index contributed by atoms with van der Waals surface area (Å²) in [7, 11) is 1.80. The molecule has 2 rings (SSSR count). The van der Waals surface area contributed by atoms with Gasteiger partial charge in [0.05, 0.1) is 28.5 Å². The second-order valence-electron chi connectivity index (χ2n) is 6.53. The zero-order valence-corrected chi connectivity index (χ0v) is 18.6. The van der Waals surface area contributed by atoms with Crippen LogP contribution in [-0.4, -0.2) is 48.2 Å². The highest BCUT2D eigenvalue weighted by atomic mass is 35.5. The van der Waals surface area contributed by atoms with Gasteiger partial charge in [0.15, 0.2) is 0 Å². The monoisotopic (exact) mass is 426 g/mol. The maximum Gasteiger partial charge on any atom is 0.256 e. The number of rotatable bonds is 8. The molecule has 1 aromatic heterocycles. The standard InChI is InChI=1S/C23H27ClN4O2/c1-5-7-10-15-26-27(4)21-12-9-8-11-20(21)23(29)28(6-2)18(3)17-30-22-14-13-19(24)16-25-22/h8-9,11-16,18H,5-6,17H2,1-4H3/b26-15-. The second-order valence-corrected chi connectivity index (χ2v) is 6.96. The molecule has 1 amide bonds. The van der Waals surface area contributed by atoms with Crippen molar-refractivity contribution in [3.63, 3.8) is 0 Å². The van der Waals surface area contributed by atoms with Gasteiger partial charge in [-0.25, -0.2) is 4.98 Å². The molecular formula is C23H27ClN4O2. The number of likely N-dealkylation sites (N-methyl/N-ethyl adjacent to an activating group) is 1. The molecule has 1 heterocycles. The van der Waals surface area contributed by atoms with Crippen molar-refractivity contribution in [2.75, 3.05) is 25.2 Å². The van der Waals surface area contributed by atoms with E-state index in [1.165, 1.54) is 12.4 Å². The third-order valence-electron chi connectivity index (χ3n) is 4.36. The largest absolute Gasteiger partial charge is 0.475 e. The average Bonchev–Trinajstić information content (AvgIpc) is 2.76. The Kier molecular flexibility index (Phi) is 9.17. The molecule has 1 unspecified atom stereocenters. The number of amides is 1. The quantitative estimate of drug-likeness (QED) is 0.354. The van der Waals surface area contributed by atoms with E-state index in [0.29, 0.717) is 35.3 Å². The molecule has 0 N–H and O–H groups in total. The molecule has 1 aromatic carbocycles. The molecule has 0 aliphatic heterocycles. The lowest BCUT2D eigenvalue weighted by Gasteiger charge is -2.29. The molecule has 0 spiro atoms. The summed E-state index contributed by atoms with van der Waals surface area (Å²) >= 11 is 5.85. The van der Waals surface area contributed by atoms with E-state index < -0.39 is 0 Å². The molecule has 6 nitrogen and oxygen atoms in total. The third-order valence-corrected chi connectivity index (χ3v) is 4.59. The van der Waals surface area contributed by atoms with E-state index >= 15 is 0 Å². The first-order valence-electron chi connectivity index (χ1n) is 9.86. The van der Waals surface area contributed by atoms with Gasteiger partial charge in [-0.15, -0.1) is 0 Å². The SMILES string of the molecule is CCC#C/C=N\N(C)c1ccccc1C(=O)N(CC)C(C)COc1ccc(Cl)cn1. The highest BCUT2D eigenvalue weighted by Crippen LogP contribution is 2.22. The fourth-order valence-corrected chi connectivity index (χ4v) is 2.93. The molecule has 158 valence electrons. The summed E-state index contributed by atoms with van der Waals surface area (Å²) in [5.41, 5.74) is 1.28. The van der Waals surface area contributed by atoms with Crippen molar-refractivity contribution in [3.05, 3.63) is 53.2 Å². The predicted octanol–water partition coefficient (Wildman–Crippen LogP) is 4.50. The minimum Gasteiger partial charge on any atom is -0.475 e. The van der Waals surface area contributed by atoms with Crippen LogP contribution in [0.1, 0.15) is 37.6 Å². The van der Waals surface area contributed by atoms with E-state index in [4.69, 9.17) is 16.3 Å². The van der Waals surface area contributed by atoms with Crippen LogP contribution in [0.4, 0.5) is 5.69 Å². The molecule has 0 saturated carbocycles. The van der Waals surface area contributed by atoms with Gasteiger partial charge in [-0.2, -0.15) is 5.10 Å². The Labute approximate surface area is 183 Å². The van der Waals surface area contributed by atoms with E-state index in [-0.39, 0.29) is 11.9 Å². The van der Waals surface area contributed by atoms with Crippen LogP contribution in [0.15, 0.2) is 47.7 Å². The van der Waals surface area contributed by atoms with Crippen molar-refractivity contribution >= 4 is 29.4 Å². The number of anilines is 1. The first-order valence-corrected chi connectivity index (χ1v) is 10.2. The molecule has 0 fully saturated rings. The Balaban J connectivity index is 2.14. The molecule has 0 bridgehead atoms. The van der Waals surface area contributed by atoms with Gasteiger partial charge < -0.3 is 9.64 Å². The zero-order valence-electron chi connectivity index (χ0n) is 17.8. The summed E-state index contributed by atoms with van der Waals surface area (Å²) in [6, 6.07) is 10.7. The number of para-hydroxylation sites is 1. The van der Waals surface area contributed by atoms with Crippen LogP contribution >= 0.6 is 11.6 Å². The van der Waals surface area contributed by atoms with Gasteiger partial charge in [0.25, 0.3) is 5.91 Å². The average molecular weight is 427 g/mol. The fourth-order valence-electron chi connectivity index (χ4n) is 2.82. The highest BCUT2D eigenvalue weighted by Gasteiger charge is 2.23. The predicted molar refractivity (Wildman–Crippen MR) is 122 cm³/mol. The first kappa shape index (κ1) is 23.2. The number of carbonyl (C=O) groups is 1. The van der Waals surface area contributed by atoms with Gasteiger partial charge in [0, 0.05) is 32.3 Å². The molecule has 1 atom stereocenters. The maximum atomic E-state index is 13.3. The minimum absolute atomic E-state index is 0.0880. The van der Waals surface area contributed by atoms with Crippen LogP contribution < -0.4 is 9.75 Å². The number of ether oxygens (including phenoxy) is 1. The molecule has 0 radical (unpaired) electrons. The number of aromatic nitrogens is 1. The van der Waals surface area contributed by atoms with E-state index in [1.54, 1.807) is 35.2 Å². The summed E-state index contributed by atoms with van der Waals surface area (Å²) in [4.78, 5) is 19.2. The number of benzene rings is 1. The number of carbonyl (C=O) groups excluding carboxylic acids is 1. The van der Waals surface area contributed by atoms with Gasteiger partial charge in [-0.1, -0.05) is 42.5 Å². The van der Waals surface area contributed by atoms with Gasteiger partial charge in [-0.3, -0.25) is 9.80 Å². The number of hydrogen-bond acceptors (Lipinski definition) is 5. The molecule has 0 saturated heterocycles. The van der Waals surface area contributed by atoms with E-state index in [2.05, 4.69) is 21.9 Å². The third kappa shape index (κ3) is 6.50. The Morgan fingerprint density at radius 2 is 2.07 bits per heavy atom. The topological polar surface area (TPSA) is 58.0 Å². The van der Waals surface area contributed by atoms with Gasteiger partial charge >= 0.3 is 0 Å². The van der Waals surface area contributed by atoms with Crippen LogP contribution in [0.25, 0.3) is 0 Å². The van der Waals surface area contributed by atoms with Crippen molar-refractivity contribution in [1.82, 2.24) is 9.88 Å². The number of pyridine rings is 1. The number of halogens is 1. The minimum atomic E-state index is -0.155. The fraction of sp³-hybridized carbons (Fsp3) is 0.348. The lowest BCUT2D eigenvalue weighted by Crippen LogP contribution is -2.42. The maximum absolute atomic E-state index is 13.3. The first-order chi connectivity index (χ1) is 14.5. The summed E-state index contributed by atoms with van der Waals surface area (Å²) in [6.07, 6.45) is 3.83. The van der Waals surface area contributed by atoms with E-state index in [1.807, 2.05) is 39.0 Å². The lowest BCUT2D eigenvalue weighted by atomic mass is 10.1. The molecule has 0 aliphatic rings. The lowest BCUT2D eigenvalue weighted by molar-refractivity contribution is 0.0647. The zero-order chi connectivity index (χ0) is 21.9. The van der Waals surface area contributed by atoms with Gasteiger partial charge in [0.1, 0.15) is 6.61 Å². The second kappa shape index (κ2) is 11.8. The molecule has 2 aromatic rings. The van der Waals surface area contributed by atoms with Crippen LogP contribution in [-0.2, 0) is 0 Å². The van der Waals surface area contributed by atoms with Crippen LogP contribution in [0, 0.1) is 11.8 Å². The van der Waals surface area contributed by atoms with Crippen molar-refractivity contribution < 1.29 is 9.53 Å². The molecule has 30 heavy (non-hydrogen) atoms. The van der Waals surface area contributed by atoms with Crippen LogP contribution in [0.2, 0.25) is 5.02 Å². The smallest absolute Gasteiger partial charge is 0.256 e. The summed E-state index contributed by atoms with van der Waals surface area (Å²) in [6.45, 7) is 6.73. The Bertz CT molecular complexity index is 919. The number of hydrogen-bond donors (Lipinski definition) is 0. The van der Waals surface area contributed by atoms with Gasteiger partial charge in [0.2, 0.25) is 5.88 Å². The summed E-state index contributed by atoms with van der Waals surface area (Å²) in [5.74, 6) is 6.18.